The minimum atomic E-state index is 0.542. The Balaban J connectivity index is 2.04. The Morgan fingerprint density at radius 3 is 2.72 bits per heavy atom. The van der Waals surface area contributed by atoms with E-state index in [2.05, 4.69) is 15.7 Å². The molecule has 2 aromatic rings. The third-order valence-corrected chi connectivity index (χ3v) is 4.73. The summed E-state index contributed by atoms with van der Waals surface area (Å²) >= 11 is 17.4. The van der Waals surface area contributed by atoms with Crippen molar-refractivity contribution in [1.82, 2.24) is 15.1 Å². The lowest BCUT2D eigenvalue weighted by Crippen LogP contribution is -2.30. The second-order valence-electron chi connectivity index (χ2n) is 5.68. The summed E-state index contributed by atoms with van der Waals surface area (Å²) in [5.41, 5.74) is 3.85. The maximum Gasteiger partial charge on any atom is 0.170 e. The Hall–Kier alpha value is -1.34. The number of aromatic nitrogens is 2. The lowest BCUT2D eigenvalue weighted by atomic mass is 10.2. The molecule has 5 nitrogen and oxygen atoms in total. The summed E-state index contributed by atoms with van der Waals surface area (Å²) in [6, 6.07) is 5.60. The predicted octanol–water partition coefficient (Wildman–Crippen LogP) is 4.18. The number of anilines is 1. The molecule has 1 aromatic carbocycles. The van der Waals surface area contributed by atoms with Crippen LogP contribution >= 0.6 is 35.4 Å². The summed E-state index contributed by atoms with van der Waals surface area (Å²) in [6.07, 6.45) is 0.896. The van der Waals surface area contributed by atoms with Crippen LogP contribution in [0.4, 0.5) is 5.69 Å². The first-order valence-electron chi connectivity index (χ1n) is 7.94. The molecule has 0 aliphatic carbocycles. The topological polar surface area (TPSA) is 51.1 Å². The first-order chi connectivity index (χ1) is 11.9. The molecule has 136 valence electrons. The molecule has 25 heavy (non-hydrogen) atoms. The Morgan fingerprint density at radius 1 is 1.28 bits per heavy atom. The minimum Gasteiger partial charge on any atom is -0.385 e. The third kappa shape index (κ3) is 5.57. The second kappa shape index (κ2) is 9.38. The van der Waals surface area contributed by atoms with Crippen LogP contribution in [0.2, 0.25) is 10.0 Å². The first-order valence-corrected chi connectivity index (χ1v) is 9.10. The van der Waals surface area contributed by atoms with Gasteiger partial charge in [0.25, 0.3) is 0 Å². The van der Waals surface area contributed by atoms with E-state index in [1.54, 1.807) is 13.2 Å². The highest BCUT2D eigenvalue weighted by molar-refractivity contribution is 7.80. The summed E-state index contributed by atoms with van der Waals surface area (Å²) in [5.74, 6) is 0. The molecule has 1 aromatic heterocycles. The molecule has 0 aliphatic heterocycles. The van der Waals surface area contributed by atoms with E-state index in [9.17, 15) is 0 Å². The van der Waals surface area contributed by atoms with Crippen molar-refractivity contribution in [2.75, 3.05) is 25.6 Å². The van der Waals surface area contributed by atoms with E-state index in [0.29, 0.717) is 28.3 Å². The zero-order valence-electron chi connectivity index (χ0n) is 14.5. The normalized spacial score (nSPS) is 10.8. The van der Waals surface area contributed by atoms with E-state index in [1.165, 1.54) is 0 Å². The molecule has 0 fully saturated rings. The maximum absolute atomic E-state index is 6.09. The molecule has 1 heterocycles. The van der Waals surface area contributed by atoms with Gasteiger partial charge in [0.15, 0.2) is 5.11 Å². The molecule has 0 amide bonds. The van der Waals surface area contributed by atoms with Crippen molar-refractivity contribution in [2.45, 2.75) is 26.8 Å². The highest BCUT2D eigenvalue weighted by atomic mass is 35.5. The monoisotopic (exact) mass is 400 g/mol. The van der Waals surface area contributed by atoms with Crippen LogP contribution in [-0.4, -0.2) is 35.2 Å². The number of hydrogen-bond acceptors (Lipinski definition) is 3. The van der Waals surface area contributed by atoms with E-state index in [4.69, 9.17) is 40.2 Å². The number of halogens is 2. The van der Waals surface area contributed by atoms with E-state index >= 15 is 0 Å². The number of nitrogens with zero attached hydrogens (tertiary/aromatic N) is 2. The summed E-state index contributed by atoms with van der Waals surface area (Å²) in [7, 11) is 1.69. The Kier molecular flexibility index (Phi) is 7.50. The van der Waals surface area contributed by atoms with Gasteiger partial charge >= 0.3 is 0 Å². The van der Waals surface area contributed by atoms with Crippen molar-refractivity contribution in [1.29, 1.82) is 0 Å². The Labute approximate surface area is 163 Å². The van der Waals surface area contributed by atoms with Gasteiger partial charge in [-0.3, -0.25) is 4.68 Å². The fourth-order valence-electron chi connectivity index (χ4n) is 2.42. The average Bonchev–Trinajstić information content (AvgIpc) is 2.82. The fourth-order valence-corrected chi connectivity index (χ4v) is 2.94. The van der Waals surface area contributed by atoms with E-state index in [0.717, 1.165) is 35.6 Å². The molecule has 0 spiro atoms. The van der Waals surface area contributed by atoms with Crippen LogP contribution in [0, 0.1) is 13.8 Å². The van der Waals surface area contributed by atoms with Gasteiger partial charge in [-0.05, 0) is 50.2 Å². The molecular formula is C17H22Cl2N4OS. The first kappa shape index (κ1) is 20.0. The lowest BCUT2D eigenvalue weighted by molar-refractivity contribution is 0.196. The molecule has 0 atom stereocenters. The molecule has 2 N–H and O–H groups in total. The molecule has 8 heteroatoms. The zero-order chi connectivity index (χ0) is 18.4. The van der Waals surface area contributed by atoms with Crippen molar-refractivity contribution in [3.05, 3.63) is 45.2 Å². The van der Waals surface area contributed by atoms with E-state index in [1.807, 2.05) is 30.7 Å². The van der Waals surface area contributed by atoms with Gasteiger partial charge < -0.3 is 15.4 Å². The Morgan fingerprint density at radius 2 is 2.04 bits per heavy atom. The van der Waals surface area contributed by atoms with Crippen LogP contribution < -0.4 is 10.6 Å². The van der Waals surface area contributed by atoms with Crippen LogP contribution in [0.25, 0.3) is 0 Å². The van der Waals surface area contributed by atoms with Crippen LogP contribution in [0.15, 0.2) is 18.2 Å². The smallest absolute Gasteiger partial charge is 0.170 e. The van der Waals surface area contributed by atoms with Crippen LogP contribution in [-0.2, 0) is 11.3 Å². The summed E-state index contributed by atoms with van der Waals surface area (Å²) < 4.78 is 6.94. The summed E-state index contributed by atoms with van der Waals surface area (Å²) in [5, 5.41) is 12.7. The number of rotatable bonds is 7. The number of thiocarbonyl (C=S) groups is 1. The summed E-state index contributed by atoms with van der Waals surface area (Å²) in [4.78, 5) is 0. The highest BCUT2D eigenvalue weighted by Crippen LogP contribution is 2.24. The molecule has 2 rings (SSSR count). The van der Waals surface area contributed by atoms with Crippen molar-refractivity contribution >= 4 is 46.2 Å². The zero-order valence-corrected chi connectivity index (χ0v) is 16.9. The second-order valence-corrected chi connectivity index (χ2v) is 6.90. The van der Waals surface area contributed by atoms with Gasteiger partial charge in [0.05, 0.1) is 33.7 Å². The van der Waals surface area contributed by atoms with Crippen LogP contribution in [0.3, 0.4) is 0 Å². The van der Waals surface area contributed by atoms with Crippen molar-refractivity contribution < 1.29 is 4.74 Å². The van der Waals surface area contributed by atoms with Gasteiger partial charge in [0.2, 0.25) is 0 Å². The van der Waals surface area contributed by atoms with Crippen LogP contribution in [0.5, 0.6) is 0 Å². The maximum atomic E-state index is 6.09. The molecule has 0 saturated carbocycles. The number of hydrogen-bond donors (Lipinski definition) is 2. The van der Waals surface area contributed by atoms with Gasteiger partial charge in [0, 0.05) is 20.3 Å². The number of benzene rings is 1. The van der Waals surface area contributed by atoms with Gasteiger partial charge in [-0.25, -0.2) is 0 Å². The molecule has 0 bridgehead atoms. The van der Waals surface area contributed by atoms with Gasteiger partial charge in [0.1, 0.15) is 0 Å². The Bertz CT molecular complexity index is 748. The van der Waals surface area contributed by atoms with Crippen molar-refractivity contribution in [3.63, 3.8) is 0 Å². The number of methoxy groups -OCH3 is 1. The highest BCUT2D eigenvalue weighted by Gasteiger charge is 2.13. The fraction of sp³-hybridized carbons (Fsp3) is 0.412. The number of nitrogens with one attached hydrogen (secondary N) is 2. The van der Waals surface area contributed by atoms with Crippen LogP contribution in [0.1, 0.15) is 23.4 Å². The molecule has 0 unspecified atom stereocenters. The standard InChI is InChI=1S/C17H22Cl2N4OS/c1-11-16(21-17(25)20-7-4-8-24-3)12(2)23(22-11)10-13-5-6-14(18)15(19)9-13/h5-6,9H,4,7-8,10H2,1-3H3,(H2,20,21,25). The number of aryl methyl sites for hydroxylation is 1. The third-order valence-electron chi connectivity index (χ3n) is 3.75. The predicted molar refractivity (Wildman–Crippen MR) is 108 cm³/mol. The van der Waals surface area contributed by atoms with E-state index < -0.39 is 0 Å². The van der Waals surface area contributed by atoms with Crippen molar-refractivity contribution in [2.24, 2.45) is 0 Å². The van der Waals surface area contributed by atoms with Gasteiger partial charge in [-0.15, -0.1) is 0 Å². The van der Waals surface area contributed by atoms with Gasteiger partial charge in [-0.1, -0.05) is 29.3 Å². The largest absolute Gasteiger partial charge is 0.385 e. The molecule has 0 radical (unpaired) electrons. The number of ether oxygens (including phenoxy) is 1. The van der Waals surface area contributed by atoms with Gasteiger partial charge in [-0.2, -0.15) is 5.10 Å². The quantitative estimate of drug-likeness (QED) is 0.539. The van der Waals surface area contributed by atoms with Crippen molar-refractivity contribution in [3.8, 4) is 0 Å². The molecular weight excluding hydrogens is 379 g/mol. The SMILES string of the molecule is COCCCNC(=S)Nc1c(C)nn(Cc2ccc(Cl)c(Cl)c2)c1C. The minimum absolute atomic E-state index is 0.542. The lowest BCUT2D eigenvalue weighted by Gasteiger charge is -2.11. The molecule has 0 aliphatic rings. The van der Waals surface area contributed by atoms with E-state index in [-0.39, 0.29) is 0 Å². The summed E-state index contributed by atoms with van der Waals surface area (Å²) in [6.45, 7) is 6.03. The average molecular weight is 401 g/mol. The molecule has 0 saturated heterocycles.